The Balaban J connectivity index is 2.48. The smallest absolute Gasteiger partial charge is 0.397 e. The van der Waals surface area contributed by atoms with E-state index in [9.17, 15) is 22.8 Å². The van der Waals surface area contributed by atoms with E-state index in [1.165, 1.54) is 7.11 Å². The molecule has 1 saturated heterocycles. The number of halogens is 3. The summed E-state index contributed by atoms with van der Waals surface area (Å²) in [7, 11) is 1.21. The predicted molar refractivity (Wildman–Crippen MR) is 53.6 cm³/mol. The van der Waals surface area contributed by atoms with Crippen LogP contribution in [0.5, 0.6) is 0 Å². The molecule has 1 rings (SSSR count). The predicted octanol–water partition coefficient (Wildman–Crippen LogP) is 0.729. The van der Waals surface area contributed by atoms with Crippen molar-refractivity contribution in [1.82, 2.24) is 4.90 Å². The van der Waals surface area contributed by atoms with Crippen molar-refractivity contribution in [2.24, 2.45) is 0 Å². The summed E-state index contributed by atoms with van der Waals surface area (Å²) >= 11 is 0. The number of methoxy groups -OCH3 is 1. The largest absolute Gasteiger partial charge is 0.469 e. The fourth-order valence-electron chi connectivity index (χ4n) is 1.62. The minimum Gasteiger partial charge on any atom is -0.469 e. The molecule has 0 aromatic heterocycles. The number of rotatable bonds is 3. The summed E-state index contributed by atoms with van der Waals surface area (Å²) in [5.41, 5.74) is 0. The van der Waals surface area contributed by atoms with E-state index in [-0.39, 0.29) is 26.1 Å². The molecular formula is C10H14F3NO4. The van der Waals surface area contributed by atoms with Crippen LogP contribution >= 0.6 is 0 Å². The Kier molecular flexibility index (Phi) is 4.94. The van der Waals surface area contributed by atoms with Gasteiger partial charge in [-0.25, -0.2) is 0 Å². The number of alkyl halides is 3. The molecule has 0 aromatic rings. The Bertz CT molecular complexity index is 319. The quantitative estimate of drug-likeness (QED) is 0.709. The molecule has 1 fully saturated rings. The minimum atomic E-state index is -4.52. The van der Waals surface area contributed by atoms with Gasteiger partial charge in [-0.2, -0.15) is 13.2 Å². The van der Waals surface area contributed by atoms with Crippen molar-refractivity contribution in [3.63, 3.8) is 0 Å². The minimum absolute atomic E-state index is 0.0238. The molecule has 18 heavy (non-hydrogen) atoms. The Morgan fingerprint density at radius 2 is 2.11 bits per heavy atom. The number of morpholine rings is 1. The fourth-order valence-corrected chi connectivity index (χ4v) is 1.62. The van der Waals surface area contributed by atoms with Gasteiger partial charge in [0.15, 0.2) is 0 Å². The first kappa shape index (κ1) is 14.7. The van der Waals surface area contributed by atoms with Gasteiger partial charge < -0.3 is 14.4 Å². The first-order chi connectivity index (χ1) is 8.31. The maximum absolute atomic E-state index is 12.1. The third-order valence-electron chi connectivity index (χ3n) is 2.47. The van der Waals surface area contributed by atoms with E-state index < -0.39 is 30.6 Å². The van der Waals surface area contributed by atoms with Gasteiger partial charge in [-0.1, -0.05) is 0 Å². The van der Waals surface area contributed by atoms with Crippen LogP contribution in [-0.2, 0) is 19.1 Å². The third-order valence-corrected chi connectivity index (χ3v) is 2.47. The summed E-state index contributed by atoms with van der Waals surface area (Å²) in [4.78, 5) is 23.4. The number of esters is 1. The van der Waals surface area contributed by atoms with E-state index >= 15 is 0 Å². The maximum atomic E-state index is 12.1. The van der Waals surface area contributed by atoms with Gasteiger partial charge in [0.2, 0.25) is 5.91 Å². The van der Waals surface area contributed by atoms with Crippen LogP contribution in [0.15, 0.2) is 0 Å². The van der Waals surface area contributed by atoms with Gasteiger partial charge in [-0.15, -0.1) is 0 Å². The van der Waals surface area contributed by atoms with E-state index in [1.807, 2.05) is 0 Å². The van der Waals surface area contributed by atoms with Crippen molar-refractivity contribution in [2.75, 3.05) is 26.8 Å². The van der Waals surface area contributed by atoms with Crippen molar-refractivity contribution in [3.8, 4) is 0 Å². The summed E-state index contributed by atoms with van der Waals surface area (Å²) in [5, 5.41) is 0. The lowest BCUT2D eigenvalue weighted by atomic mass is 10.2. The van der Waals surface area contributed by atoms with Crippen molar-refractivity contribution >= 4 is 11.9 Å². The normalized spacial score (nSPS) is 20.7. The van der Waals surface area contributed by atoms with Crippen LogP contribution in [0, 0.1) is 0 Å². The van der Waals surface area contributed by atoms with Crippen molar-refractivity contribution in [1.29, 1.82) is 0 Å². The monoisotopic (exact) mass is 269 g/mol. The topological polar surface area (TPSA) is 55.8 Å². The second kappa shape index (κ2) is 6.03. The summed E-state index contributed by atoms with van der Waals surface area (Å²) in [6, 6.07) is 0. The third kappa shape index (κ3) is 4.91. The lowest BCUT2D eigenvalue weighted by Crippen LogP contribution is -2.47. The van der Waals surface area contributed by atoms with Crippen molar-refractivity contribution in [2.45, 2.75) is 25.1 Å². The first-order valence-electron chi connectivity index (χ1n) is 5.35. The van der Waals surface area contributed by atoms with Crippen LogP contribution in [0.4, 0.5) is 13.2 Å². The molecule has 0 N–H and O–H groups in total. The van der Waals surface area contributed by atoms with Gasteiger partial charge in [0.1, 0.15) is 6.42 Å². The van der Waals surface area contributed by atoms with Crippen LogP contribution < -0.4 is 0 Å². The Hall–Kier alpha value is -1.31. The SMILES string of the molecule is COC(=O)CC1CN(C(=O)CC(F)(F)F)CCO1. The molecule has 1 heterocycles. The molecule has 0 aliphatic carbocycles. The molecule has 1 aliphatic rings. The summed E-state index contributed by atoms with van der Waals surface area (Å²) in [5.74, 6) is -1.52. The van der Waals surface area contributed by atoms with Crippen LogP contribution in [0.2, 0.25) is 0 Å². The number of carbonyl (C=O) groups is 2. The van der Waals surface area contributed by atoms with Crippen LogP contribution in [0.1, 0.15) is 12.8 Å². The molecule has 0 aromatic carbocycles. The molecule has 0 radical (unpaired) electrons. The zero-order chi connectivity index (χ0) is 13.8. The maximum Gasteiger partial charge on any atom is 0.397 e. The van der Waals surface area contributed by atoms with Crippen LogP contribution in [0.3, 0.4) is 0 Å². The van der Waals surface area contributed by atoms with Crippen LogP contribution in [-0.4, -0.2) is 55.9 Å². The highest BCUT2D eigenvalue weighted by molar-refractivity contribution is 5.77. The Morgan fingerprint density at radius 1 is 1.44 bits per heavy atom. The van der Waals surface area contributed by atoms with Crippen LogP contribution in [0.25, 0.3) is 0 Å². The summed E-state index contributed by atoms with van der Waals surface area (Å²) in [6.07, 6.45) is -6.69. The van der Waals surface area contributed by atoms with Gasteiger partial charge in [0.25, 0.3) is 0 Å². The first-order valence-corrected chi connectivity index (χ1v) is 5.35. The molecule has 1 atom stereocenters. The molecule has 8 heteroatoms. The number of carbonyl (C=O) groups excluding carboxylic acids is 2. The van der Waals surface area contributed by atoms with Gasteiger partial charge >= 0.3 is 12.1 Å². The lowest BCUT2D eigenvalue weighted by Gasteiger charge is -2.32. The average molecular weight is 269 g/mol. The van der Waals surface area contributed by atoms with Crippen molar-refractivity contribution in [3.05, 3.63) is 0 Å². The van der Waals surface area contributed by atoms with Gasteiger partial charge in [-0.05, 0) is 0 Å². The highest BCUT2D eigenvalue weighted by atomic mass is 19.4. The zero-order valence-corrected chi connectivity index (χ0v) is 9.83. The number of ether oxygens (including phenoxy) is 2. The number of hydrogen-bond acceptors (Lipinski definition) is 4. The molecule has 104 valence electrons. The van der Waals surface area contributed by atoms with Gasteiger partial charge in [0, 0.05) is 13.1 Å². The summed E-state index contributed by atoms with van der Waals surface area (Å²) < 4.78 is 45.8. The molecule has 1 aliphatic heterocycles. The second-order valence-electron chi connectivity index (χ2n) is 3.90. The number of amides is 1. The standard InChI is InChI=1S/C10H14F3NO4/c1-17-9(16)4-7-6-14(2-3-18-7)8(15)5-10(11,12)13/h7H,2-6H2,1H3. The van der Waals surface area contributed by atoms with E-state index in [4.69, 9.17) is 4.74 Å². The second-order valence-corrected chi connectivity index (χ2v) is 3.90. The van der Waals surface area contributed by atoms with Crippen molar-refractivity contribution < 1.29 is 32.2 Å². The Morgan fingerprint density at radius 3 is 2.67 bits per heavy atom. The molecule has 0 bridgehead atoms. The number of hydrogen-bond donors (Lipinski definition) is 0. The molecule has 0 spiro atoms. The Labute approximate surface area is 102 Å². The average Bonchev–Trinajstić information content (AvgIpc) is 2.27. The van der Waals surface area contributed by atoms with E-state index in [1.54, 1.807) is 0 Å². The highest BCUT2D eigenvalue weighted by Crippen LogP contribution is 2.21. The highest BCUT2D eigenvalue weighted by Gasteiger charge is 2.35. The number of nitrogens with zero attached hydrogens (tertiary/aromatic N) is 1. The molecule has 5 nitrogen and oxygen atoms in total. The van der Waals surface area contributed by atoms with E-state index in [2.05, 4.69) is 4.74 Å². The molecule has 1 unspecified atom stereocenters. The zero-order valence-electron chi connectivity index (χ0n) is 9.83. The molecule has 0 saturated carbocycles. The summed E-state index contributed by atoms with van der Waals surface area (Å²) in [6.45, 7) is 0.196. The van der Waals surface area contributed by atoms with E-state index in [0.717, 1.165) is 4.90 Å². The van der Waals surface area contributed by atoms with Gasteiger partial charge in [-0.3, -0.25) is 9.59 Å². The fraction of sp³-hybridized carbons (Fsp3) is 0.800. The van der Waals surface area contributed by atoms with E-state index in [0.29, 0.717) is 0 Å². The lowest BCUT2D eigenvalue weighted by molar-refractivity contribution is -0.168. The van der Waals surface area contributed by atoms with Gasteiger partial charge in [0.05, 0.1) is 26.2 Å². The molecular weight excluding hydrogens is 255 g/mol. The molecule has 1 amide bonds.